The number of nitrogens with one attached hydrogen (secondary N) is 2. The topological polar surface area (TPSA) is 45.6 Å². The Morgan fingerprint density at radius 1 is 1.24 bits per heavy atom. The van der Waals surface area contributed by atoms with Crippen LogP contribution in [0.25, 0.3) is 0 Å². The van der Waals surface area contributed by atoms with Gasteiger partial charge in [0.1, 0.15) is 0 Å². The second-order valence-corrected chi connectivity index (χ2v) is 7.52. The summed E-state index contributed by atoms with van der Waals surface area (Å²) in [5.41, 5.74) is 0.291. The molecule has 25 heavy (non-hydrogen) atoms. The number of guanidine groups is 1. The average molecular weight is 479 g/mol. The van der Waals surface area contributed by atoms with Crippen molar-refractivity contribution in [2.45, 2.75) is 57.3 Å². The molecule has 0 saturated heterocycles. The van der Waals surface area contributed by atoms with Crippen molar-refractivity contribution in [1.29, 1.82) is 0 Å². The number of halogens is 1. The minimum atomic E-state index is 0. The third-order valence-corrected chi connectivity index (χ3v) is 6.00. The van der Waals surface area contributed by atoms with Gasteiger partial charge in [-0.2, -0.15) is 0 Å². The fourth-order valence-electron chi connectivity index (χ4n) is 3.47. The van der Waals surface area contributed by atoms with Crippen LogP contribution < -0.4 is 10.6 Å². The summed E-state index contributed by atoms with van der Waals surface area (Å²) in [6.07, 6.45) is 8.82. The molecule has 0 atom stereocenters. The summed E-state index contributed by atoms with van der Waals surface area (Å²) in [7, 11) is 1.86. The number of aliphatic imine (C=N–C) groups is 1. The number of nitrogens with zero attached hydrogens (tertiary/aromatic N) is 1. The van der Waals surface area contributed by atoms with Crippen LogP contribution in [0.1, 0.15) is 56.7 Å². The zero-order valence-corrected chi connectivity index (χ0v) is 18.8. The first-order valence-electron chi connectivity index (χ1n) is 9.37. The number of hydrogen-bond acceptors (Lipinski definition) is 3. The average Bonchev–Trinajstić information content (AvgIpc) is 3.17. The van der Waals surface area contributed by atoms with E-state index in [-0.39, 0.29) is 24.0 Å². The van der Waals surface area contributed by atoms with Crippen molar-refractivity contribution in [3.05, 3.63) is 22.4 Å². The molecule has 0 spiro atoms. The summed E-state index contributed by atoms with van der Waals surface area (Å²) in [6.45, 7) is 5.62. The van der Waals surface area contributed by atoms with Crippen molar-refractivity contribution < 1.29 is 4.74 Å². The van der Waals surface area contributed by atoms with Crippen molar-refractivity contribution >= 4 is 41.3 Å². The van der Waals surface area contributed by atoms with E-state index in [4.69, 9.17) is 4.74 Å². The molecule has 0 aliphatic heterocycles. The predicted octanol–water partition coefficient (Wildman–Crippen LogP) is 4.55. The normalized spacial score (nSPS) is 17.0. The number of rotatable bonds is 9. The first kappa shape index (κ1) is 22.7. The van der Waals surface area contributed by atoms with Gasteiger partial charge in [0.2, 0.25) is 0 Å². The molecule has 6 heteroatoms. The largest absolute Gasteiger partial charge is 0.382 e. The van der Waals surface area contributed by atoms with Crippen LogP contribution in [-0.2, 0) is 10.2 Å². The Morgan fingerprint density at radius 2 is 2.04 bits per heavy atom. The van der Waals surface area contributed by atoms with E-state index < -0.39 is 0 Å². The van der Waals surface area contributed by atoms with Crippen LogP contribution in [0.5, 0.6) is 0 Å². The first-order chi connectivity index (χ1) is 11.8. The molecule has 144 valence electrons. The lowest BCUT2D eigenvalue weighted by Gasteiger charge is -2.37. The molecule has 1 heterocycles. The summed E-state index contributed by atoms with van der Waals surface area (Å²) in [4.78, 5) is 5.91. The van der Waals surface area contributed by atoms with E-state index in [1.54, 1.807) is 0 Å². The van der Waals surface area contributed by atoms with Crippen molar-refractivity contribution in [2.75, 3.05) is 33.4 Å². The Bertz CT molecular complexity index is 473. The van der Waals surface area contributed by atoms with Crippen molar-refractivity contribution in [3.8, 4) is 0 Å². The summed E-state index contributed by atoms with van der Waals surface area (Å²) < 4.78 is 5.38. The third-order valence-electron chi connectivity index (χ3n) is 4.88. The zero-order chi connectivity index (χ0) is 17.1. The van der Waals surface area contributed by atoms with E-state index in [9.17, 15) is 0 Å². The molecule has 1 aromatic heterocycles. The number of ether oxygens (including phenoxy) is 1. The van der Waals surface area contributed by atoms with Crippen LogP contribution in [0.4, 0.5) is 0 Å². The first-order valence-corrected chi connectivity index (χ1v) is 10.2. The van der Waals surface area contributed by atoms with Gasteiger partial charge in [-0.05, 0) is 44.1 Å². The SMILES string of the molecule is CCOCCCCNC(=NC)NCC1(c2cccs2)CCCCC1.I. The number of thiophene rings is 1. The van der Waals surface area contributed by atoms with Crippen LogP contribution in [-0.4, -0.2) is 39.3 Å². The van der Waals surface area contributed by atoms with E-state index in [1.807, 2.05) is 25.3 Å². The molecule has 0 amide bonds. The molecule has 1 aromatic rings. The van der Waals surface area contributed by atoms with Gasteiger partial charge in [-0.3, -0.25) is 4.99 Å². The monoisotopic (exact) mass is 479 g/mol. The Kier molecular flexibility index (Phi) is 11.7. The third kappa shape index (κ3) is 7.43. The Hall–Kier alpha value is -0.340. The highest BCUT2D eigenvalue weighted by molar-refractivity contribution is 14.0. The van der Waals surface area contributed by atoms with Crippen molar-refractivity contribution in [2.24, 2.45) is 4.99 Å². The molecule has 0 unspecified atom stereocenters. The minimum Gasteiger partial charge on any atom is -0.382 e. The van der Waals surface area contributed by atoms with Gasteiger partial charge in [-0.1, -0.05) is 25.3 Å². The predicted molar refractivity (Wildman–Crippen MR) is 120 cm³/mol. The van der Waals surface area contributed by atoms with Gasteiger partial charge in [-0.15, -0.1) is 35.3 Å². The van der Waals surface area contributed by atoms with Gasteiger partial charge in [0.05, 0.1) is 0 Å². The second-order valence-electron chi connectivity index (χ2n) is 6.57. The van der Waals surface area contributed by atoms with E-state index in [2.05, 4.69) is 33.1 Å². The fraction of sp³-hybridized carbons (Fsp3) is 0.737. The van der Waals surface area contributed by atoms with Gasteiger partial charge in [0.25, 0.3) is 0 Å². The Labute approximate surface area is 174 Å². The minimum absolute atomic E-state index is 0. The molecule has 1 aliphatic carbocycles. The highest BCUT2D eigenvalue weighted by atomic mass is 127. The summed E-state index contributed by atoms with van der Waals surface area (Å²) in [5.74, 6) is 0.924. The molecular weight excluding hydrogens is 445 g/mol. The van der Waals surface area contributed by atoms with Crippen molar-refractivity contribution in [1.82, 2.24) is 10.6 Å². The lowest BCUT2D eigenvalue weighted by Crippen LogP contribution is -2.46. The van der Waals surface area contributed by atoms with E-state index >= 15 is 0 Å². The second kappa shape index (κ2) is 12.9. The number of unbranched alkanes of at least 4 members (excludes halogenated alkanes) is 1. The molecule has 0 bridgehead atoms. The van der Waals surface area contributed by atoms with Crippen LogP contribution in [0, 0.1) is 0 Å². The lowest BCUT2D eigenvalue weighted by atomic mass is 9.73. The smallest absolute Gasteiger partial charge is 0.191 e. The van der Waals surface area contributed by atoms with E-state index in [0.29, 0.717) is 5.41 Å². The zero-order valence-electron chi connectivity index (χ0n) is 15.7. The quantitative estimate of drug-likeness (QED) is 0.237. The van der Waals surface area contributed by atoms with Crippen LogP contribution in [0.3, 0.4) is 0 Å². The van der Waals surface area contributed by atoms with Gasteiger partial charge < -0.3 is 15.4 Å². The Balaban J connectivity index is 0.00000312. The summed E-state index contributed by atoms with van der Waals surface area (Å²) in [5, 5.41) is 9.23. The molecule has 0 radical (unpaired) electrons. The fourth-order valence-corrected chi connectivity index (χ4v) is 4.46. The molecule has 1 fully saturated rings. The lowest BCUT2D eigenvalue weighted by molar-refractivity contribution is 0.143. The van der Waals surface area contributed by atoms with Crippen LogP contribution >= 0.6 is 35.3 Å². The maximum absolute atomic E-state index is 5.38. The van der Waals surface area contributed by atoms with Gasteiger partial charge >= 0.3 is 0 Å². The van der Waals surface area contributed by atoms with E-state index in [0.717, 1.165) is 45.1 Å². The van der Waals surface area contributed by atoms with Gasteiger partial charge in [-0.25, -0.2) is 0 Å². The highest BCUT2D eigenvalue weighted by Crippen LogP contribution is 2.41. The molecule has 2 rings (SSSR count). The van der Waals surface area contributed by atoms with Gasteiger partial charge in [0, 0.05) is 43.6 Å². The highest BCUT2D eigenvalue weighted by Gasteiger charge is 2.34. The van der Waals surface area contributed by atoms with Gasteiger partial charge in [0.15, 0.2) is 5.96 Å². The molecule has 4 nitrogen and oxygen atoms in total. The molecule has 1 aliphatic rings. The molecular formula is C19H34IN3OS. The number of hydrogen-bond donors (Lipinski definition) is 2. The molecule has 1 saturated carbocycles. The van der Waals surface area contributed by atoms with Crippen molar-refractivity contribution in [3.63, 3.8) is 0 Å². The Morgan fingerprint density at radius 3 is 2.68 bits per heavy atom. The summed E-state index contributed by atoms with van der Waals surface area (Å²) in [6, 6.07) is 4.49. The standard InChI is InChI=1S/C19H33N3OS.HI/c1-3-23-14-8-7-13-21-18(20-2)22-16-19(11-5-4-6-12-19)17-10-9-15-24-17;/h9-10,15H,3-8,11-14,16H2,1-2H3,(H2,20,21,22);1H. The van der Waals surface area contributed by atoms with E-state index in [1.165, 1.54) is 37.0 Å². The van der Waals surface area contributed by atoms with Crippen LogP contribution in [0.2, 0.25) is 0 Å². The molecule has 2 N–H and O–H groups in total. The maximum atomic E-state index is 5.38. The summed E-state index contributed by atoms with van der Waals surface area (Å²) >= 11 is 1.90. The van der Waals surface area contributed by atoms with Crippen LogP contribution in [0.15, 0.2) is 22.5 Å². The maximum Gasteiger partial charge on any atom is 0.191 e. The molecule has 0 aromatic carbocycles.